The van der Waals surface area contributed by atoms with Gasteiger partial charge < -0.3 is 9.47 Å². The number of anilines is 3. The Balaban J connectivity index is 0.915. The molecule has 11 aromatic carbocycles. The predicted molar refractivity (Wildman–Crippen MR) is 313 cm³/mol. The molecule has 354 valence electrons. The molecular weight excluding hydrogens is 893 g/mol. The van der Waals surface area contributed by atoms with Gasteiger partial charge in [0, 0.05) is 38.8 Å². The highest BCUT2D eigenvalue weighted by Crippen LogP contribution is 2.55. The first-order valence-electron chi connectivity index (χ1n) is 26.6. The number of hydrogen-bond acceptors (Lipinski definition) is 1. The van der Waals surface area contributed by atoms with Gasteiger partial charge in [0.2, 0.25) is 0 Å². The Morgan fingerprint density at radius 1 is 0.419 bits per heavy atom. The van der Waals surface area contributed by atoms with Gasteiger partial charge in [-0.15, -0.1) is 0 Å². The van der Waals surface area contributed by atoms with Gasteiger partial charge in [-0.1, -0.05) is 219 Å². The lowest BCUT2D eigenvalue weighted by Gasteiger charge is -2.29. The Kier molecular flexibility index (Phi) is 10.8. The summed E-state index contributed by atoms with van der Waals surface area (Å²) in [6, 6.07) is 95.0. The average molecular weight is 949 g/mol. The standard InChI is InChI=1S/C72H56N2/c1-72(54-24-7-3-8-25-54)65-34-14-11-30-64(65)71-59(32-19-35-66(71)72)51-40-45-57(46-41-51)73(67-36-15-13-29-61(67)63-33-18-23-52-22-17-31-58(70(52)63)50-20-5-2-6-21-50)56-43-38-49(39-44-56)53-42-47-62-60-28-12-16-37-68(60)74(69(62)48-53)55-26-9-4-10-27-55/h3-4,7-19,22-48,50H,2,5-6,20-21H2,1H3. The average Bonchev–Trinajstić information content (AvgIpc) is 4.00. The normalized spacial score (nSPS) is 15.4. The smallest absolute Gasteiger partial charge is 0.0547 e. The first kappa shape index (κ1) is 44.0. The lowest BCUT2D eigenvalue weighted by atomic mass is 9.74. The molecule has 0 bridgehead atoms. The van der Waals surface area contributed by atoms with Gasteiger partial charge in [0.1, 0.15) is 0 Å². The van der Waals surface area contributed by atoms with Crippen LogP contribution in [0.5, 0.6) is 0 Å². The van der Waals surface area contributed by atoms with Crippen LogP contribution in [0.4, 0.5) is 17.1 Å². The van der Waals surface area contributed by atoms with Crippen LogP contribution < -0.4 is 4.90 Å². The lowest BCUT2D eigenvalue weighted by molar-refractivity contribution is 0.445. The zero-order valence-electron chi connectivity index (χ0n) is 41.8. The zero-order chi connectivity index (χ0) is 49.2. The molecule has 1 unspecified atom stereocenters. The van der Waals surface area contributed by atoms with Gasteiger partial charge in [0.05, 0.1) is 16.7 Å². The summed E-state index contributed by atoms with van der Waals surface area (Å²) in [6.45, 7) is 2.40. The van der Waals surface area contributed by atoms with Crippen LogP contribution in [0.1, 0.15) is 67.2 Å². The summed E-state index contributed by atoms with van der Waals surface area (Å²) in [5, 5.41) is 5.22. The van der Waals surface area contributed by atoms with E-state index in [1.54, 1.807) is 0 Å². The third-order valence-electron chi connectivity index (χ3n) is 16.7. The molecule has 1 saturated carbocycles. The van der Waals surface area contributed by atoms with E-state index >= 15 is 0 Å². The second-order valence-electron chi connectivity index (χ2n) is 20.7. The largest absolute Gasteiger partial charge is 0.310 e. The number of rotatable bonds is 9. The summed E-state index contributed by atoms with van der Waals surface area (Å²) in [4.78, 5) is 2.48. The van der Waals surface area contributed by atoms with Crippen LogP contribution >= 0.6 is 0 Å². The molecule has 14 rings (SSSR count). The minimum atomic E-state index is -0.264. The van der Waals surface area contributed by atoms with Crippen molar-refractivity contribution in [1.29, 1.82) is 0 Å². The van der Waals surface area contributed by atoms with Gasteiger partial charge in [-0.2, -0.15) is 0 Å². The number of hydrogen-bond donors (Lipinski definition) is 0. The van der Waals surface area contributed by atoms with Crippen LogP contribution in [0.2, 0.25) is 0 Å². The van der Waals surface area contributed by atoms with Crippen molar-refractivity contribution in [3.63, 3.8) is 0 Å². The minimum absolute atomic E-state index is 0.264. The molecule has 2 aliphatic rings. The minimum Gasteiger partial charge on any atom is -0.310 e. The van der Waals surface area contributed by atoms with E-state index in [9.17, 15) is 0 Å². The van der Waals surface area contributed by atoms with Crippen molar-refractivity contribution in [2.75, 3.05) is 4.90 Å². The molecule has 0 amide bonds. The molecule has 2 heteroatoms. The van der Waals surface area contributed by atoms with Gasteiger partial charge in [0.15, 0.2) is 0 Å². The maximum atomic E-state index is 2.48. The lowest BCUT2D eigenvalue weighted by Crippen LogP contribution is -2.22. The summed E-state index contributed by atoms with van der Waals surface area (Å²) in [7, 11) is 0. The molecule has 1 atom stereocenters. The molecule has 0 spiro atoms. The molecule has 1 heterocycles. The fourth-order valence-electron chi connectivity index (χ4n) is 13.1. The Morgan fingerprint density at radius 2 is 1.00 bits per heavy atom. The summed E-state index contributed by atoms with van der Waals surface area (Å²) < 4.78 is 2.40. The quantitative estimate of drug-likeness (QED) is 0.140. The molecule has 1 fully saturated rings. The highest BCUT2D eigenvalue weighted by atomic mass is 15.1. The zero-order valence-corrected chi connectivity index (χ0v) is 41.8. The second-order valence-corrected chi connectivity index (χ2v) is 20.7. The van der Waals surface area contributed by atoms with Crippen molar-refractivity contribution < 1.29 is 0 Å². The molecule has 0 aliphatic heterocycles. The van der Waals surface area contributed by atoms with E-state index in [4.69, 9.17) is 0 Å². The second kappa shape index (κ2) is 18.1. The van der Waals surface area contributed by atoms with Crippen LogP contribution in [-0.2, 0) is 5.41 Å². The van der Waals surface area contributed by atoms with Crippen molar-refractivity contribution in [3.8, 4) is 50.2 Å². The summed E-state index contributed by atoms with van der Waals surface area (Å²) in [5.41, 5.74) is 22.2. The molecule has 0 radical (unpaired) electrons. The Labute approximate surface area is 434 Å². The summed E-state index contributed by atoms with van der Waals surface area (Å²) >= 11 is 0. The van der Waals surface area contributed by atoms with Crippen LogP contribution in [0.25, 0.3) is 82.8 Å². The Morgan fingerprint density at radius 3 is 1.78 bits per heavy atom. The summed E-state index contributed by atoms with van der Waals surface area (Å²) in [5.74, 6) is 0.571. The molecule has 74 heavy (non-hydrogen) atoms. The molecule has 12 aromatic rings. The molecule has 0 saturated heterocycles. The van der Waals surface area contributed by atoms with E-state index in [1.807, 2.05) is 0 Å². The Bertz CT molecular complexity index is 4040. The van der Waals surface area contributed by atoms with Crippen LogP contribution in [0.3, 0.4) is 0 Å². The van der Waals surface area contributed by atoms with Crippen molar-refractivity contribution in [1.82, 2.24) is 4.57 Å². The molecule has 2 nitrogen and oxygen atoms in total. The van der Waals surface area contributed by atoms with Crippen LogP contribution in [0.15, 0.2) is 255 Å². The van der Waals surface area contributed by atoms with Crippen molar-refractivity contribution in [3.05, 3.63) is 277 Å². The van der Waals surface area contributed by atoms with Gasteiger partial charge >= 0.3 is 0 Å². The predicted octanol–water partition coefficient (Wildman–Crippen LogP) is 19.8. The maximum Gasteiger partial charge on any atom is 0.0547 e. The van der Waals surface area contributed by atoms with Crippen molar-refractivity contribution >= 4 is 49.6 Å². The Hall–Kier alpha value is -8.72. The number of benzene rings is 11. The van der Waals surface area contributed by atoms with Gasteiger partial charge in [-0.3, -0.25) is 0 Å². The molecule has 0 N–H and O–H groups in total. The fraction of sp³-hybridized carbons (Fsp3) is 0.111. The topological polar surface area (TPSA) is 8.17 Å². The monoisotopic (exact) mass is 948 g/mol. The molecule has 1 aromatic heterocycles. The van der Waals surface area contributed by atoms with Gasteiger partial charge in [0.25, 0.3) is 0 Å². The third kappa shape index (κ3) is 7.15. The number of fused-ring (bicyclic) bond motifs is 7. The van der Waals surface area contributed by atoms with Gasteiger partial charge in [-0.25, -0.2) is 0 Å². The molecular formula is C72H56N2. The number of nitrogens with zero attached hydrogens (tertiary/aromatic N) is 2. The van der Waals surface area contributed by atoms with E-state index in [0.717, 1.165) is 22.7 Å². The van der Waals surface area contributed by atoms with E-state index in [0.29, 0.717) is 5.92 Å². The first-order valence-corrected chi connectivity index (χ1v) is 26.6. The highest BCUT2D eigenvalue weighted by molar-refractivity contribution is 6.10. The van der Waals surface area contributed by atoms with Crippen molar-refractivity contribution in [2.24, 2.45) is 0 Å². The maximum absolute atomic E-state index is 2.48. The third-order valence-corrected chi connectivity index (χ3v) is 16.7. The fourth-order valence-corrected chi connectivity index (χ4v) is 13.1. The number of para-hydroxylation sites is 3. The van der Waals surface area contributed by atoms with E-state index in [1.165, 1.54) is 131 Å². The van der Waals surface area contributed by atoms with E-state index in [-0.39, 0.29) is 5.41 Å². The SMILES string of the molecule is CC1(c2ccccc2)c2ccccc2-c2c(-c3ccc(N(c4ccc(-c5ccc6c7ccccc7n(-c7ccccc7)c6c5)cc4)c4ccccc4-c4cccc5cccc(C6CCCCC6)c45)cc3)cccc21. The van der Waals surface area contributed by atoms with E-state index in [2.05, 4.69) is 271 Å². The highest BCUT2D eigenvalue weighted by Gasteiger charge is 2.41. The van der Waals surface area contributed by atoms with Crippen molar-refractivity contribution in [2.45, 2.75) is 50.4 Å². The number of aromatic nitrogens is 1. The van der Waals surface area contributed by atoms with E-state index < -0.39 is 0 Å². The van der Waals surface area contributed by atoms with Crippen LogP contribution in [0, 0.1) is 0 Å². The first-order chi connectivity index (χ1) is 36.6. The van der Waals surface area contributed by atoms with Crippen LogP contribution in [-0.4, -0.2) is 4.57 Å². The van der Waals surface area contributed by atoms with Gasteiger partial charge in [-0.05, 0) is 152 Å². The molecule has 2 aliphatic carbocycles. The summed E-state index contributed by atoms with van der Waals surface area (Å²) in [6.07, 6.45) is 6.44.